The Bertz CT molecular complexity index is 1310. The molecular formula is C23H27ClFN7O3. The number of likely N-dealkylation sites (tertiary alicyclic amines) is 1. The highest BCUT2D eigenvalue weighted by Gasteiger charge is 2.39. The normalized spacial score (nSPS) is 19.6. The van der Waals surface area contributed by atoms with Crippen LogP contribution in [0.1, 0.15) is 36.7 Å². The predicted octanol–water partition coefficient (Wildman–Crippen LogP) is 3.15. The fraction of sp³-hybridized carbons (Fsp3) is 0.478. The van der Waals surface area contributed by atoms with E-state index in [9.17, 15) is 4.79 Å². The van der Waals surface area contributed by atoms with Crippen molar-refractivity contribution in [3.05, 3.63) is 40.1 Å². The fourth-order valence-corrected chi connectivity index (χ4v) is 5.16. The highest BCUT2D eigenvalue weighted by Crippen LogP contribution is 2.41. The van der Waals surface area contributed by atoms with Gasteiger partial charge in [0.15, 0.2) is 5.65 Å². The zero-order chi connectivity index (χ0) is 25.0. The van der Waals surface area contributed by atoms with Crippen molar-refractivity contribution in [1.82, 2.24) is 29.5 Å². The van der Waals surface area contributed by atoms with Crippen molar-refractivity contribution in [1.29, 1.82) is 0 Å². The van der Waals surface area contributed by atoms with Crippen LogP contribution in [0.5, 0.6) is 5.75 Å². The number of nitrogens with zero attached hydrogens (tertiary/aromatic N) is 6. The van der Waals surface area contributed by atoms with Crippen LogP contribution in [0, 0.1) is 12.7 Å². The lowest BCUT2D eigenvalue weighted by atomic mass is 10.0. The third-order valence-corrected chi connectivity index (χ3v) is 7.06. The maximum atomic E-state index is 15.4. The number of carbonyl (C=O) groups excluding carboxylic acids is 1. The van der Waals surface area contributed by atoms with E-state index >= 15 is 4.39 Å². The Kier molecular flexibility index (Phi) is 5.92. The van der Waals surface area contributed by atoms with E-state index in [1.165, 1.54) is 13.4 Å². The van der Waals surface area contributed by atoms with Gasteiger partial charge >= 0.3 is 6.09 Å². The molecule has 2 aromatic heterocycles. The SMILES string of the molecule is COC(=O)N1CC(N2Cc3c(F)c(Cl)cc(C(C)n4nc(C)c5c(N)ncnc54)c3O[C@H](C)C2)C1. The predicted molar refractivity (Wildman–Crippen MR) is 128 cm³/mol. The van der Waals surface area contributed by atoms with Gasteiger partial charge in [-0.15, -0.1) is 0 Å². The van der Waals surface area contributed by atoms with Gasteiger partial charge in [0.1, 0.15) is 29.8 Å². The number of anilines is 1. The van der Waals surface area contributed by atoms with Crippen LogP contribution in [0.2, 0.25) is 5.02 Å². The summed E-state index contributed by atoms with van der Waals surface area (Å²) in [6.45, 7) is 7.63. The number of aryl methyl sites for hydroxylation is 1. The van der Waals surface area contributed by atoms with E-state index in [-0.39, 0.29) is 29.3 Å². The monoisotopic (exact) mass is 503 g/mol. The van der Waals surface area contributed by atoms with E-state index in [2.05, 4.69) is 20.0 Å². The van der Waals surface area contributed by atoms with Crippen LogP contribution in [0.4, 0.5) is 15.0 Å². The largest absolute Gasteiger partial charge is 0.489 e. The minimum atomic E-state index is -0.506. The number of halogens is 2. The molecule has 5 rings (SSSR count). The van der Waals surface area contributed by atoms with E-state index in [1.54, 1.807) is 15.6 Å². The van der Waals surface area contributed by atoms with Crippen LogP contribution in [-0.4, -0.2) is 74.5 Å². The summed E-state index contributed by atoms with van der Waals surface area (Å²) in [5.74, 6) is 0.305. The smallest absolute Gasteiger partial charge is 0.409 e. The molecule has 10 nitrogen and oxygen atoms in total. The first-order chi connectivity index (χ1) is 16.7. The summed E-state index contributed by atoms with van der Waals surface area (Å²) in [5.41, 5.74) is 8.44. The molecule has 186 valence electrons. The van der Waals surface area contributed by atoms with Gasteiger partial charge < -0.3 is 20.1 Å². The van der Waals surface area contributed by atoms with Crippen molar-refractivity contribution < 1.29 is 18.7 Å². The Morgan fingerprint density at radius 3 is 2.80 bits per heavy atom. The Balaban J connectivity index is 1.53. The van der Waals surface area contributed by atoms with Gasteiger partial charge in [-0.1, -0.05) is 11.6 Å². The van der Waals surface area contributed by atoms with Gasteiger partial charge in [-0.3, -0.25) is 4.90 Å². The number of nitrogen functional groups attached to an aromatic ring is 1. The first kappa shape index (κ1) is 23.6. The average Bonchev–Trinajstić information content (AvgIpc) is 3.03. The van der Waals surface area contributed by atoms with Crippen LogP contribution >= 0.6 is 11.6 Å². The van der Waals surface area contributed by atoms with Gasteiger partial charge in [0.05, 0.1) is 29.3 Å². The van der Waals surface area contributed by atoms with Crippen LogP contribution in [0.25, 0.3) is 11.0 Å². The van der Waals surface area contributed by atoms with Crippen LogP contribution < -0.4 is 10.5 Å². The van der Waals surface area contributed by atoms with Crippen LogP contribution in [-0.2, 0) is 11.3 Å². The molecule has 2 N–H and O–H groups in total. The standard InChI is InChI=1S/C23H27ClFN7O3/c1-11-6-30(14-7-31(8-14)23(33)34-4)9-16-19(25)17(24)5-15(20(16)35-11)13(3)32-22-18(12(2)29-32)21(26)27-10-28-22/h5,10-11,13-14H,6-9H2,1-4H3,(H2,26,27,28)/t11-,13?/m1/s1. The van der Waals surface area contributed by atoms with Gasteiger partial charge in [-0.2, -0.15) is 5.10 Å². The minimum Gasteiger partial charge on any atom is -0.489 e. The zero-order valence-corrected chi connectivity index (χ0v) is 20.7. The number of amides is 1. The average molecular weight is 504 g/mol. The summed E-state index contributed by atoms with van der Waals surface area (Å²) in [4.78, 5) is 24.0. The molecule has 2 aliphatic heterocycles. The Hall–Kier alpha value is -3.18. The van der Waals surface area contributed by atoms with E-state index in [1.807, 2.05) is 20.8 Å². The summed E-state index contributed by atoms with van der Waals surface area (Å²) >= 11 is 6.39. The highest BCUT2D eigenvalue weighted by atomic mass is 35.5. The molecular weight excluding hydrogens is 477 g/mol. The Morgan fingerprint density at radius 2 is 2.09 bits per heavy atom. The molecule has 2 aliphatic rings. The minimum absolute atomic E-state index is 0.0100. The quantitative estimate of drug-likeness (QED) is 0.580. The van der Waals surface area contributed by atoms with Crippen molar-refractivity contribution in [2.24, 2.45) is 0 Å². The number of ether oxygens (including phenoxy) is 2. The number of benzene rings is 1. The second-order valence-electron chi connectivity index (χ2n) is 9.12. The van der Waals surface area contributed by atoms with Crippen molar-refractivity contribution in [3.63, 3.8) is 0 Å². The third-order valence-electron chi connectivity index (χ3n) is 6.79. The fourth-order valence-electron chi connectivity index (χ4n) is 4.92. The molecule has 0 spiro atoms. The van der Waals surface area contributed by atoms with Crippen molar-refractivity contribution in [3.8, 4) is 5.75 Å². The molecule has 0 aliphatic carbocycles. The highest BCUT2D eigenvalue weighted by molar-refractivity contribution is 6.31. The topological polar surface area (TPSA) is 112 Å². The molecule has 3 aromatic rings. The molecule has 1 saturated heterocycles. The van der Waals surface area contributed by atoms with E-state index in [4.69, 9.17) is 26.8 Å². The summed E-state index contributed by atoms with van der Waals surface area (Å²) in [6.07, 6.45) is 0.814. The third kappa shape index (κ3) is 3.92. The van der Waals surface area contributed by atoms with Gasteiger partial charge in [0.2, 0.25) is 0 Å². The molecule has 1 unspecified atom stereocenters. The summed E-state index contributed by atoms with van der Waals surface area (Å²) < 4.78 is 28.2. The van der Waals surface area contributed by atoms with Crippen molar-refractivity contribution in [2.45, 2.75) is 45.5 Å². The van der Waals surface area contributed by atoms with Gasteiger partial charge in [-0.05, 0) is 26.8 Å². The molecule has 12 heteroatoms. The van der Waals surface area contributed by atoms with Crippen LogP contribution in [0.3, 0.4) is 0 Å². The number of carbonyl (C=O) groups is 1. The van der Waals surface area contributed by atoms with Crippen LogP contribution in [0.15, 0.2) is 12.4 Å². The second-order valence-corrected chi connectivity index (χ2v) is 9.53. The lowest BCUT2D eigenvalue weighted by Gasteiger charge is -2.44. The molecule has 0 radical (unpaired) electrons. The lowest BCUT2D eigenvalue weighted by molar-refractivity contribution is 0.0156. The lowest BCUT2D eigenvalue weighted by Crippen LogP contribution is -2.61. The van der Waals surface area contributed by atoms with Crippen molar-refractivity contribution >= 4 is 34.5 Å². The first-order valence-electron chi connectivity index (χ1n) is 11.4. The number of aromatic nitrogens is 4. The Morgan fingerprint density at radius 1 is 1.34 bits per heavy atom. The Labute approximate surface area is 206 Å². The first-order valence-corrected chi connectivity index (χ1v) is 11.8. The molecule has 1 amide bonds. The molecule has 1 aromatic carbocycles. The number of rotatable bonds is 3. The molecule has 1 fully saturated rings. The zero-order valence-electron chi connectivity index (χ0n) is 20.0. The van der Waals surface area contributed by atoms with Gasteiger partial charge in [-0.25, -0.2) is 23.8 Å². The molecule has 35 heavy (non-hydrogen) atoms. The number of methoxy groups -OCH3 is 1. The number of fused-ring (bicyclic) bond motifs is 2. The van der Waals surface area contributed by atoms with E-state index < -0.39 is 5.82 Å². The second kappa shape index (κ2) is 8.80. The number of nitrogens with two attached hydrogens (primary N) is 1. The number of hydrogen-bond acceptors (Lipinski definition) is 8. The molecule has 0 saturated carbocycles. The van der Waals surface area contributed by atoms with E-state index in [0.29, 0.717) is 65.6 Å². The van der Waals surface area contributed by atoms with Gasteiger partial charge in [0.25, 0.3) is 0 Å². The summed E-state index contributed by atoms with van der Waals surface area (Å²) in [5, 5.41) is 5.34. The molecule has 0 bridgehead atoms. The maximum absolute atomic E-state index is 15.4. The molecule has 2 atom stereocenters. The van der Waals surface area contributed by atoms with E-state index in [0.717, 1.165) is 0 Å². The summed E-state index contributed by atoms with van der Waals surface area (Å²) in [7, 11) is 1.36. The summed E-state index contributed by atoms with van der Waals surface area (Å²) in [6, 6.07) is 1.30. The maximum Gasteiger partial charge on any atom is 0.409 e. The van der Waals surface area contributed by atoms with Crippen molar-refractivity contribution in [2.75, 3.05) is 32.5 Å². The number of hydrogen-bond donors (Lipinski definition) is 1. The van der Waals surface area contributed by atoms with Gasteiger partial charge in [0, 0.05) is 43.3 Å². The molecule has 4 heterocycles.